The van der Waals surface area contributed by atoms with Crippen LogP contribution in [0.15, 0.2) is 39.4 Å². The molecule has 0 spiro atoms. The number of nitrogens with zero attached hydrogens (tertiary/aromatic N) is 2. The van der Waals surface area contributed by atoms with E-state index in [1.165, 1.54) is 4.90 Å². The van der Waals surface area contributed by atoms with Crippen LogP contribution in [0.5, 0.6) is 0 Å². The van der Waals surface area contributed by atoms with Gasteiger partial charge in [0.1, 0.15) is 0 Å². The van der Waals surface area contributed by atoms with Crippen LogP contribution in [0.1, 0.15) is 33.3 Å². The lowest BCUT2D eigenvalue weighted by Gasteiger charge is -2.51. The molecule has 0 bridgehead atoms. The van der Waals surface area contributed by atoms with Crippen LogP contribution < -0.4 is 4.90 Å². The number of amides is 2. The molecule has 0 saturated carbocycles. The molecule has 25 heavy (non-hydrogen) atoms. The van der Waals surface area contributed by atoms with Crippen molar-refractivity contribution in [1.29, 1.82) is 0 Å². The van der Waals surface area contributed by atoms with E-state index in [2.05, 4.69) is 60.8 Å². The number of fused-ring (bicyclic) bond motifs is 3. The average molecular weight is 401 g/mol. The van der Waals surface area contributed by atoms with Gasteiger partial charge in [0.25, 0.3) is 11.8 Å². The standard InChI is InChI=1S/C20H21BrN2O2/c1-10-14-16(18(25)22(5)17(14)24)19(2,3)20(4)15(10)12-8-7-11(21)9-13(12)23(20)6/h7-9H,1-6H3. The van der Waals surface area contributed by atoms with Crippen LogP contribution in [0.3, 0.4) is 0 Å². The molecule has 2 heterocycles. The largest absolute Gasteiger partial charge is 0.364 e. The Morgan fingerprint density at radius 1 is 1.00 bits per heavy atom. The second-order valence-corrected chi connectivity index (χ2v) is 8.75. The highest BCUT2D eigenvalue weighted by Crippen LogP contribution is 2.62. The molecule has 2 amide bonds. The third-order valence-corrected chi connectivity index (χ3v) is 7.12. The molecule has 130 valence electrons. The lowest BCUT2D eigenvalue weighted by atomic mass is 9.59. The monoisotopic (exact) mass is 400 g/mol. The van der Waals surface area contributed by atoms with Crippen LogP contribution in [0.4, 0.5) is 5.69 Å². The summed E-state index contributed by atoms with van der Waals surface area (Å²) in [6.07, 6.45) is 0. The first-order valence-electron chi connectivity index (χ1n) is 8.37. The summed E-state index contributed by atoms with van der Waals surface area (Å²) in [6, 6.07) is 6.24. The van der Waals surface area contributed by atoms with Crippen molar-refractivity contribution in [2.24, 2.45) is 5.41 Å². The van der Waals surface area contributed by atoms with Crippen LogP contribution in [0, 0.1) is 5.41 Å². The molecule has 2 aliphatic heterocycles. The smallest absolute Gasteiger partial charge is 0.261 e. The topological polar surface area (TPSA) is 40.6 Å². The van der Waals surface area contributed by atoms with Gasteiger partial charge in [-0.15, -0.1) is 0 Å². The zero-order valence-corrected chi connectivity index (χ0v) is 16.9. The molecule has 1 aromatic carbocycles. The summed E-state index contributed by atoms with van der Waals surface area (Å²) in [4.78, 5) is 29.2. The molecule has 1 aromatic rings. The predicted octanol–water partition coefficient (Wildman–Crippen LogP) is 3.77. The molecule has 1 unspecified atom stereocenters. The van der Waals surface area contributed by atoms with Crippen LogP contribution >= 0.6 is 15.9 Å². The Hall–Kier alpha value is -1.88. The molecule has 1 aliphatic carbocycles. The van der Waals surface area contributed by atoms with E-state index in [0.29, 0.717) is 11.1 Å². The molecule has 0 fully saturated rings. The second kappa shape index (κ2) is 4.64. The van der Waals surface area contributed by atoms with Gasteiger partial charge in [0, 0.05) is 40.8 Å². The molecule has 0 radical (unpaired) electrons. The van der Waals surface area contributed by atoms with E-state index >= 15 is 0 Å². The Balaban J connectivity index is 2.12. The summed E-state index contributed by atoms with van der Waals surface area (Å²) in [5, 5.41) is 0. The molecule has 0 aromatic heterocycles. The second-order valence-electron chi connectivity index (χ2n) is 7.84. The molecular weight excluding hydrogens is 380 g/mol. The van der Waals surface area contributed by atoms with Crippen molar-refractivity contribution in [3.05, 3.63) is 45.0 Å². The Kier molecular flexibility index (Phi) is 3.08. The predicted molar refractivity (Wildman–Crippen MR) is 102 cm³/mol. The number of halogens is 1. The van der Waals surface area contributed by atoms with Gasteiger partial charge in [0.15, 0.2) is 0 Å². The maximum atomic E-state index is 12.9. The van der Waals surface area contributed by atoms with Crippen molar-refractivity contribution in [2.75, 3.05) is 19.0 Å². The minimum atomic E-state index is -0.505. The van der Waals surface area contributed by atoms with E-state index < -0.39 is 11.0 Å². The van der Waals surface area contributed by atoms with Crippen LogP contribution in [-0.2, 0) is 9.59 Å². The fraction of sp³-hybridized carbons (Fsp3) is 0.400. The fourth-order valence-electron chi connectivity index (χ4n) is 4.90. The number of rotatable bonds is 0. The SMILES string of the molecule is CC1=C2c3ccc(Br)cc3N(C)C2(C)C(C)(C)C2=C1C(=O)N(C)C2=O. The van der Waals surface area contributed by atoms with Crippen LogP contribution in [0.25, 0.3) is 5.57 Å². The van der Waals surface area contributed by atoms with Gasteiger partial charge in [-0.3, -0.25) is 14.5 Å². The van der Waals surface area contributed by atoms with Crippen molar-refractivity contribution in [3.63, 3.8) is 0 Å². The number of anilines is 1. The maximum Gasteiger partial charge on any atom is 0.261 e. The number of carbonyl (C=O) groups is 2. The van der Waals surface area contributed by atoms with E-state index in [1.54, 1.807) is 7.05 Å². The summed E-state index contributed by atoms with van der Waals surface area (Å²) >= 11 is 3.56. The highest BCUT2D eigenvalue weighted by molar-refractivity contribution is 9.10. The summed E-state index contributed by atoms with van der Waals surface area (Å²) in [6.45, 7) is 8.32. The van der Waals surface area contributed by atoms with E-state index in [-0.39, 0.29) is 11.8 Å². The third kappa shape index (κ3) is 1.63. The van der Waals surface area contributed by atoms with Gasteiger partial charge in [0.05, 0.1) is 11.1 Å². The quantitative estimate of drug-likeness (QED) is 0.622. The van der Waals surface area contributed by atoms with Crippen LogP contribution in [-0.4, -0.2) is 36.3 Å². The number of carbonyl (C=O) groups excluding carboxylic acids is 2. The van der Waals surface area contributed by atoms with Crippen molar-refractivity contribution < 1.29 is 9.59 Å². The van der Waals surface area contributed by atoms with Crippen molar-refractivity contribution in [3.8, 4) is 0 Å². The van der Waals surface area contributed by atoms with E-state index in [9.17, 15) is 9.59 Å². The lowest BCUT2D eigenvalue weighted by Crippen LogP contribution is -2.56. The third-order valence-electron chi connectivity index (χ3n) is 6.63. The van der Waals surface area contributed by atoms with Gasteiger partial charge >= 0.3 is 0 Å². The Morgan fingerprint density at radius 3 is 2.28 bits per heavy atom. The molecule has 4 rings (SSSR count). The van der Waals surface area contributed by atoms with Crippen molar-refractivity contribution >= 4 is 39.0 Å². The molecule has 5 heteroatoms. The van der Waals surface area contributed by atoms with Crippen molar-refractivity contribution in [2.45, 2.75) is 33.2 Å². The summed E-state index contributed by atoms with van der Waals surface area (Å²) < 4.78 is 1.02. The fourth-order valence-corrected chi connectivity index (χ4v) is 5.25. The first-order chi connectivity index (χ1) is 11.5. The molecule has 0 saturated heterocycles. The van der Waals surface area contributed by atoms with Crippen molar-refractivity contribution in [1.82, 2.24) is 4.90 Å². The molecule has 0 N–H and O–H groups in total. The minimum absolute atomic E-state index is 0.171. The Bertz CT molecular complexity index is 941. The zero-order chi connectivity index (χ0) is 18.5. The molecular formula is C20H21BrN2O2. The number of imide groups is 1. The van der Waals surface area contributed by atoms with Gasteiger partial charge in [0.2, 0.25) is 0 Å². The summed E-state index contributed by atoms with van der Waals surface area (Å²) in [5.74, 6) is -0.358. The summed E-state index contributed by atoms with van der Waals surface area (Å²) in [5.41, 5.74) is 4.66. The first-order valence-corrected chi connectivity index (χ1v) is 9.17. The average Bonchev–Trinajstić information content (AvgIpc) is 2.92. The zero-order valence-electron chi connectivity index (χ0n) is 15.3. The maximum absolute atomic E-state index is 12.9. The van der Waals surface area contributed by atoms with E-state index in [0.717, 1.165) is 26.9 Å². The number of hydrogen-bond acceptors (Lipinski definition) is 3. The number of likely N-dealkylation sites (N-methyl/N-ethyl adjacent to an activating group) is 2. The van der Waals surface area contributed by atoms with E-state index in [1.807, 2.05) is 13.0 Å². The lowest BCUT2D eigenvalue weighted by molar-refractivity contribution is -0.136. The molecule has 4 nitrogen and oxygen atoms in total. The first kappa shape index (κ1) is 16.6. The normalized spacial score (nSPS) is 27.2. The van der Waals surface area contributed by atoms with Gasteiger partial charge in [-0.05, 0) is 37.1 Å². The van der Waals surface area contributed by atoms with Gasteiger partial charge in [-0.1, -0.05) is 35.8 Å². The van der Waals surface area contributed by atoms with Crippen LogP contribution in [0.2, 0.25) is 0 Å². The van der Waals surface area contributed by atoms with Gasteiger partial charge in [-0.25, -0.2) is 0 Å². The highest BCUT2D eigenvalue weighted by Gasteiger charge is 2.61. The summed E-state index contributed by atoms with van der Waals surface area (Å²) in [7, 11) is 3.65. The minimum Gasteiger partial charge on any atom is -0.364 e. The Labute approximate surface area is 156 Å². The van der Waals surface area contributed by atoms with Gasteiger partial charge in [-0.2, -0.15) is 0 Å². The number of benzene rings is 1. The molecule has 1 atom stereocenters. The highest BCUT2D eigenvalue weighted by atomic mass is 79.9. The Morgan fingerprint density at radius 2 is 1.64 bits per heavy atom. The van der Waals surface area contributed by atoms with E-state index in [4.69, 9.17) is 0 Å². The van der Waals surface area contributed by atoms with Gasteiger partial charge < -0.3 is 4.90 Å². The number of hydrogen-bond donors (Lipinski definition) is 0. The molecule has 3 aliphatic rings.